The van der Waals surface area contributed by atoms with Crippen LogP contribution in [0.15, 0.2) is 12.2 Å². The highest BCUT2D eigenvalue weighted by atomic mass is 16.6. The van der Waals surface area contributed by atoms with Gasteiger partial charge in [0.15, 0.2) is 6.10 Å². The zero-order valence-electron chi connectivity index (χ0n) is 23.1. The zero-order valence-corrected chi connectivity index (χ0v) is 23.1. The van der Waals surface area contributed by atoms with E-state index in [1.165, 1.54) is 89.9 Å². The first-order valence-electron chi connectivity index (χ1n) is 14.8. The molecule has 0 saturated heterocycles. The molecule has 0 aliphatic rings. The van der Waals surface area contributed by atoms with Crippen molar-refractivity contribution in [1.82, 2.24) is 0 Å². The van der Waals surface area contributed by atoms with Crippen molar-refractivity contribution in [3.8, 4) is 0 Å². The van der Waals surface area contributed by atoms with Crippen molar-refractivity contribution in [3.05, 3.63) is 12.2 Å². The van der Waals surface area contributed by atoms with Crippen LogP contribution in [0, 0.1) is 0 Å². The maximum absolute atomic E-state index is 11.8. The van der Waals surface area contributed by atoms with Crippen molar-refractivity contribution in [2.75, 3.05) is 13.2 Å². The topological polar surface area (TPSA) is 72.8 Å². The summed E-state index contributed by atoms with van der Waals surface area (Å²) in [7, 11) is 0. The maximum Gasteiger partial charge on any atom is 0.335 e. The lowest BCUT2D eigenvalue weighted by atomic mass is 10.1. The van der Waals surface area contributed by atoms with Crippen LogP contribution >= 0.6 is 0 Å². The molecule has 5 heteroatoms. The van der Waals surface area contributed by atoms with E-state index in [-0.39, 0.29) is 6.42 Å². The standard InChI is InChI=1S/C30H56O5/c1-3-5-7-9-11-12-13-14-15-16-17-18-19-20-22-24-26-35-30(33)28(31)27-29(32)34-25-23-21-10-8-6-4-2/h14-15,28,31H,3-13,16-27H2,1-2H3/b15-14+. The Morgan fingerprint density at radius 2 is 1.00 bits per heavy atom. The number of carbonyl (C=O) groups is 2. The molecule has 0 rings (SSSR count). The number of unbranched alkanes of at least 4 members (excludes halogenated alkanes) is 17. The van der Waals surface area contributed by atoms with Crippen molar-refractivity contribution >= 4 is 11.9 Å². The molecule has 206 valence electrons. The van der Waals surface area contributed by atoms with Crippen LogP contribution in [0.1, 0.15) is 149 Å². The van der Waals surface area contributed by atoms with Crippen LogP contribution in [-0.2, 0) is 19.1 Å². The summed E-state index contributed by atoms with van der Waals surface area (Å²) in [4.78, 5) is 23.6. The van der Waals surface area contributed by atoms with Gasteiger partial charge >= 0.3 is 11.9 Å². The van der Waals surface area contributed by atoms with Crippen LogP contribution in [0.25, 0.3) is 0 Å². The summed E-state index contributed by atoms with van der Waals surface area (Å²) in [5.74, 6) is -1.27. The van der Waals surface area contributed by atoms with Gasteiger partial charge in [0, 0.05) is 0 Å². The molecule has 0 heterocycles. The van der Waals surface area contributed by atoms with E-state index in [0.29, 0.717) is 13.2 Å². The second-order valence-corrected chi connectivity index (χ2v) is 9.81. The quantitative estimate of drug-likeness (QED) is 0.0741. The van der Waals surface area contributed by atoms with E-state index in [0.717, 1.165) is 38.5 Å². The molecule has 0 saturated carbocycles. The molecule has 0 aromatic carbocycles. The van der Waals surface area contributed by atoms with Gasteiger partial charge in [-0.2, -0.15) is 0 Å². The van der Waals surface area contributed by atoms with Crippen LogP contribution in [-0.4, -0.2) is 36.4 Å². The van der Waals surface area contributed by atoms with E-state index < -0.39 is 18.0 Å². The first kappa shape index (κ1) is 33.6. The summed E-state index contributed by atoms with van der Waals surface area (Å²) in [5, 5.41) is 9.84. The van der Waals surface area contributed by atoms with Crippen molar-refractivity contribution in [3.63, 3.8) is 0 Å². The van der Waals surface area contributed by atoms with Gasteiger partial charge < -0.3 is 14.6 Å². The number of hydrogen-bond donors (Lipinski definition) is 1. The normalized spacial score (nSPS) is 12.2. The molecule has 0 aromatic heterocycles. The van der Waals surface area contributed by atoms with Gasteiger partial charge in [-0.25, -0.2) is 4.79 Å². The highest BCUT2D eigenvalue weighted by molar-refractivity contribution is 5.81. The van der Waals surface area contributed by atoms with Gasteiger partial charge in [-0.3, -0.25) is 4.79 Å². The summed E-state index contributed by atoms with van der Waals surface area (Å²) >= 11 is 0. The molecule has 0 fully saturated rings. The number of carbonyl (C=O) groups excluding carboxylic acids is 2. The molecule has 1 N–H and O–H groups in total. The van der Waals surface area contributed by atoms with E-state index >= 15 is 0 Å². The van der Waals surface area contributed by atoms with E-state index in [4.69, 9.17) is 9.47 Å². The summed E-state index contributed by atoms with van der Waals surface area (Å²) in [6.07, 6.45) is 26.8. The second-order valence-electron chi connectivity index (χ2n) is 9.81. The third-order valence-corrected chi connectivity index (χ3v) is 6.29. The molecule has 0 bridgehead atoms. The second kappa shape index (κ2) is 27.2. The molecule has 0 aromatic rings. The molecule has 0 amide bonds. The summed E-state index contributed by atoms with van der Waals surface area (Å²) in [6, 6.07) is 0. The Bertz CT molecular complexity index is 503. The van der Waals surface area contributed by atoms with E-state index in [1.807, 2.05) is 0 Å². The fourth-order valence-electron chi connectivity index (χ4n) is 3.99. The van der Waals surface area contributed by atoms with E-state index in [1.54, 1.807) is 0 Å². The number of aliphatic hydroxyl groups excluding tert-OH is 1. The minimum atomic E-state index is -1.43. The van der Waals surface area contributed by atoms with Gasteiger partial charge in [-0.1, -0.05) is 116 Å². The molecule has 0 aliphatic carbocycles. The Kier molecular flexibility index (Phi) is 26.2. The minimum absolute atomic E-state index is 0.296. The monoisotopic (exact) mass is 496 g/mol. The highest BCUT2D eigenvalue weighted by Gasteiger charge is 2.21. The van der Waals surface area contributed by atoms with E-state index in [9.17, 15) is 14.7 Å². The third-order valence-electron chi connectivity index (χ3n) is 6.29. The Balaban J connectivity index is 3.45. The lowest BCUT2D eigenvalue weighted by Crippen LogP contribution is -2.27. The summed E-state index contributed by atoms with van der Waals surface area (Å²) in [5.41, 5.74) is 0. The van der Waals surface area contributed by atoms with E-state index in [2.05, 4.69) is 26.0 Å². The summed E-state index contributed by atoms with van der Waals surface area (Å²) in [6.45, 7) is 5.08. The Morgan fingerprint density at radius 1 is 0.600 bits per heavy atom. The van der Waals surface area contributed by atoms with Gasteiger partial charge in [-0.15, -0.1) is 0 Å². The number of ether oxygens (including phenoxy) is 2. The zero-order chi connectivity index (χ0) is 25.8. The molecular weight excluding hydrogens is 440 g/mol. The van der Waals surface area contributed by atoms with Gasteiger partial charge in [-0.05, 0) is 38.5 Å². The molecule has 1 unspecified atom stereocenters. The van der Waals surface area contributed by atoms with Crippen molar-refractivity contribution in [2.45, 2.75) is 155 Å². The highest BCUT2D eigenvalue weighted by Crippen LogP contribution is 2.10. The van der Waals surface area contributed by atoms with Crippen LogP contribution in [0.5, 0.6) is 0 Å². The summed E-state index contributed by atoms with van der Waals surface area (Å²) < 4.78 is 10.2. The van der Waals surface area contributed by atoms with Crippen molar-refractivity contribution < 1.29 is 24.2 Å². The third kappa shape index (κ3) is 25.5. The predicted molar refractivity (Wildman–Crippen MR) is 145 cm³/mol. The SMILES string of the molecule is CCCCCCCC/C=C/CCCCCCCCOC(=O)C(O)CC(=O)OCCCCCCCC. The lowest BCUT2D eigenvalue weighted by molar-refractivity contribution is -0.160. The maximum atomic E-state index is 11.8. The van der Waals surface area contributed by atoms with Crippen molar-refractivity contribution in [2.24, 2.45) is 0 Å². The Labute approximate surface area is 216 Å². The van der Waals surface area contributed by atoms with Crippen LogP contribution < -0.4 is 0 Å². The fraction of sp³-hybridized carbons (Fsp3) is 0.867. The smallest absolute Gasteiger partial charge is 0.335 e. The largest absolute Gasteiger partial charge is 0.466 e. The van der Waals surface area contributed by atoms with Gasteiger partial charge in [0.1, 0.15) is 0 Å². The van der Waals surface area contributed by atoms with Crippen LogP contribution in [0.4, 0.5) is 0 Å². The molecular formula is C30H56O5. The Hall–Kier alpha value is -1.36. The number of esters is 2. The number of aliphatic hydroxyl groups is 1. The fourth-order valence-corrected chi connectivity index (χ4v) is 3.99. The molecule has 0 spiro atoms. The van der Waals surface area contributed by atoms with Crippen LogP contribution in [0.3, 0.4) is 0 Å². The van der Waals surface area contributed by atoms with Gasteiger partial charge in [0.05, 0.1) is 19.6 Å². The van der Waals surface area contributed by atoms with Gasteiger partial charge in [0.2, 0.25) is 0 Å². The van der Waals surface area contributed by atoms with Crippen LogP contribution in [0.2, 0.25) is 0 Å². The molecule has 5 nitrogen and oxygen atoms in total. The Morgan fingerprint density at radius 3 is 1.49 bits per heavy atom. The average Bonchev–Trinajstić information content (AvgIpc) is 2.85. The molecule has 1 atom stereocenters. The number of allylic oxidation sites excluding steroid dienone is 2. The van der Waals surface area contributed by atoms with Crippen molar-refractivity contribution in [1.29, 1.82) is 0 Å². The first-order valence-corrected chi connectivity index (χ1v) is 14.8. The molecule has 0 aliphatic heterocycles. The number of hydrogen-bond acceptors (Lipinski definition) is 5. The minimum Gasteiger partial charge on any atom is -0.466 e. The number of rotatable bonds is 26. The average molecular weight is 497 g/mol. The predicted octanol–water partition coefficient (Wildman–Crippen LogP) is 8.22. The van der Waals surface area contributed by atoms with Gasteiger partial charge in [0.25, 0.3) is 0 Å². The first-order chi connectivity index (χ1) is 17.1. The molecule has 35 heavy (non-hydrogen) atoms. The molecule has 0 radical (unpaired) electrons. The lowest BCUT2D eigenvalue weighted by Gasteiger charge is -2.11.